The maximum atomic E-state index is 12.6. The van der Waals surface area contributed by atoms with Gasteiger partial charge in [0.05, 0.1) is 17.1 Å². The van der Waals surface area contributed by atoms with Crippen LogP contribution in [0, 0.1) is 5.92 Å². The molecule has 26 heavy (non-hydrogen) atoms. The molecule has 2 amide bonds. The van der Waals surface area contributed by atoms with Crippen molar-refractivity contribution in [1.29, 1.82) is 0 Å². The van der Waals surface area contributed by atoms with Crippen molar-refractivity contribution in [2.45, 2.75) is 52.1 Å². The van der Waals surface area contributed by atoms with E-state index in [0.717, 1.165) is 34.8 Å². The van der Waals surface area contributed by atoms with Gasteiger partial charge >= 0.3 is 0 Å². The first-order valence-corrected chi connectivity index (χ1v) is 10.9. The minimum Gasteiger partial charge on any atom is -0.349 e. The van der Waals surface area contributed by atoms with Gasteiger partial charge in [0, 0.05) is 18.3 Å². The second kappa shape index (κ2) is 8.77. The molecule has 1 N–H and O–H groups in total. The first-order chi connectivity index (χ1) is 12.5. The van der Waals surface area contributed by atoms with Crippen molar-refractivity contribution < 1.29 is 9.59 Å². The van der Waals surface area contributed by atoms with E-state index in [1.54, 1.807) is 27.6 Å². The predicted molar refractivity (Wildman–Crippen MR) is 106 cm³/mol. The van der Waals surface area contributed by atoms with Crippen LogP contribution >= 0.6 is 22.7 Å². The zero-order valence-electron chi connectivity index (χ0n) is 15.2. The zero-order chi connectivity index (χ0) is 18.5. The minimum absolute atomic E-state index is 0.0638. The van der Waals surface area contributed by atoms with Crippen molar-refractivity contribution >= 4 is 34.5 Å². The molecular formula is C19H25N3O2S2. The molecule has 1 fully saturated rings. The van der Waals surface area contributed by atoms with E-state index in [9.17, 15) is 9.59 Å². The van der Waals surface area contributed by atoms with Crippen molar-refractivity contribution in [1.82, 2.24) is 15.2 Å². The zero-order valence-corrected chi connectivity index (χ0v) is 16.9. The number of nitrogens with one attached hydrogen (secondary N) is 1. The average molecular weight is 392 g/mol. The molecule has 2 aromatic rings. The largest absolute Gasteiger partial charge is 0.349 e. The Morgan fingerprint density at radius 3 is 2.96 bits per heavy atom. The fourth-order valence-electron chi connectivity index (χ4n) is 3.09. The number of carbonyl (C=O) groups excluding carboxylic acids is 2. The maximum absolute atomic E-state index is 12.6. The lowest BCUT2D eigenvalue weighted by Gasteiger charge is -2.24. The first-order valence-electron chi connectivity index (χ1n) is 9.10. The summed E-state index contributed by atoms with van der Waals surface area (Å²) < 4.78 is 0. The summed E-state index contributed by atoms with van der Waals surface area (Å²) in [5.74, 6) is 0.534. The molecule has 140 valence electrons. The monoisotopic (exact) mass is 391 g/mol. The van der Waals surface area contributed by atoms with Gasteiger partial charge in [-0.15, -0.1) is 22.7 Å². The third-order valence-electron chi connectivity index (χ3n) is 4.54. The molecule has 0 spiro atoms. The number of thiazole rings is 1. The van der Waals surface area contributed by atoms with Gasteiger partial charge in [0.25, 0.3) is 0 Å². The van der Waals surface area contributed by atoms with Crippen LogP contribution in [0.4, 0.5) is 0 Å². The highest BCUT2D eigenvalue weighted by atomic mass is 32.1. The van der Waals surface area contributed by atoms with E-state index in [2.05, 4.69) is 24.1 Å². The second-order valence-corrected chi connectivity index (χ2v) is 8.82. The van der Waals surface area contributed by atoms with E-state index in [1.807, 2.05) is 22.9 Å². The van der Waals surface area contributed by atoms with Gasteiger partial charge in [-0.1, -0.05) is 19.9 Å². The van der Waals surface area contributed by atoms with E-state index >= 15 is 0 Å². The van der Waals surface area contributed by atoms with Crippen LogP contribution in [0.5, 0.6) is 0 Å². The Hall–Kier alpha value is -1.73. The molecule has 3 heterocycles. The molecule has 2 aromatic heterocycles. The lowest BCUT2D eigenvalue weighted by Crippen LogP contribution is -2.45. The molecule has 0 saturated carbocycles. The van der Waals surface area contributed by atoms with Crippen LogP contribution in [0.25, 0.3) is 9.88 Å². The SMILES string of the molecule is CC(C)CCC(=O)N1CCCC1C(=O)NCc1csc(-c2cccs2)n1. The molecular weight excluding hydrogens is 366 g/mol. The van der Waals surface area contributed by atoms with Crippen LogP contribution in [0.1, 0.15) is 45.2 Å². The van der Waals surface area contributed by atoms with Gasteiger partial charge in [0.1, 0.15) is 11.0 Å². The van der Waals surface area contributed by atoms with Crippen LogP contribution in [0.15, 0.2) is 22.9 Å². The molecule has 1 aliphatic heterocycles. The number of hydrogen-bond donors (Lipinski definition) is 1. The molecule has 1 atom stereocenters. The molecule has 0 radical (unpaired) electrons. The average Bonchev–Trinajstić information content (AvgIpc) is 3.37. The molecule has 0 aliphatic carbocycles. The highest BCUT2D eigenvalue weighted by molar-refractivity contribution is 7.20. The number of hydrogen-bond acceptors (Lipinski definition) is 5. The first kappa shape index (κ1) is 19.0. The number of thiophene rings is 1. The van der Waals surface area contributed by atoms with E-state index in [4.69, 9.17) is 0 Å². The maximum Gasteiger partial charge on any atom is 0.243 e. The summed E-state index contributed by atoms with van der Waals surface area (Å²) in [5.41, 5.74) is 0.863. The molecule has 1 aliphatic rings. The Bertz CT molecular complexity index is 740. The Labute approximate surface area is 162 Å². The lowest BCUT2D eigenvalue weighted by molar-refractivity contribution is -0.138. The van der Waals surface area contributed by atoms with Gasteiger partial charge in [-0.3, -0.25) is 9.59 Å². The van der Waals surface area contributed by atoms with E-state index < -0.39 is 0 Å². The highest BCUT2D eigenvalue weighted by Gasteiger charge is 2.33. The van der Waals surface area contributed by atoms with E-state index in [0.29, 0.717) is 25.4 Å². The normalized spacial score (nSPS) is 17.0. The Balaban J connectivity index is 1.53. The third kappa shape index (κ3) is 4.71. The quantitative estimate of drug-likeness (QED) is 0.778. The molecule has 3 rings (SSSR count). The molecule has 5 nitrogen and oxygen atoms in total. The van der Waals surface area contributed by atoms with E-state index in [-0.39, 0.29) is 17.9 Å². The van der Waals surface area contributed by atoms with Crippen molar-refractivity contribution in [3.05, 3.63) is 28.6 Å². The van der Waals surface area contributed by atoms with Gasteiger partial charge in [0.15, 0.2) is 0 Å². The summed E-state index contributed by atoms with van der Waals surface area (Å²) in [5, 5.41) is 7.96. The van der Waals surface area contributed by atoms with Crippen molar-refractivity contribution in [2.75, 3.05) is 6.54 Å². The fourth-order valence-corrected chi connectivity index (χ4v) is 4.72. The van der Waals surface area contributed by atoms with Gasteiger partial charge in [-0.2, -0.15) is 0 Å². The molecule has 1 saturated heterocycles. The van der Waals surface area contributed by atoms with Gasteiger partial charge in [0.2, 0.25) is 11.8 Å². The molecule has 0 aromatic carbocycles. The number of aromatic nitrogens is 1. The summed E-state index contributed by atoms with van der Waals surface area (Å²) in [6, 6.07) is 3.73. The Morgan fingerprint density at radius 2 is 2.23 bits per heavy atom. The highest BCUT2D eigenvalue weighted by Crippen LogP contribution is 2.27. The van der Waals surface area contributed by atoms with Gasteiger partial charge in [-0.25, -0.2) is 4.98 Å². The van der Waals surface area contributed by atoms with E-state index in [1.165, 1.54) is 0 Å². The summed E-state index contributed by atoms with van der Waals surface area (Å²) >= 11 is 3.25. The lowest BCUT2D eigenvalue weighted by atomic mass is 10.1. The smallest absolute Gasteiger partial charge is 0.243 e. The molecule has 0 bridgehead atoms. The summed E-state index contributed by atoms with van der Waals surface area (Å²) in [6.07, 6.45) is 3.03. The van der Waals surface area contributed by atoms with Crippen LogP contribution in [-0.4, -0.2) is 34.3 Å². The predicted octanol–water partition coefficient (Wildman–Crippen LogP) is 3.92. The molecule has 7 heteroatoms. The number of carbonyl (C=O) groups is 2. The second-order valence-electron chi connectivity index (χ2n) is 7.02. The van der Waals surface area contributed by atoms with Crippen LogP contribution < -0.4 is 5.32 Å². The van der Waals surface area contributed by atoms with Gasteiger partial charge < -0.3 is 10.2 Å². The number of likely N-dealkylation sites (tertiary alicyclic amines) is 1. The summed E-state index contributed by atoms with van der Waals surface area (Å²) in [6.45, 7) is 5.32. The summed E-state index contributed by atoms with van der Waals surface area (Å²) in [7, 11) is 0. The summed E-state index contributed by atoms with van der Waals surface area (Å²) in [4.78, 5) is 32.5. The van der Waals surface area contributed by atoms with Crippen LogP contribution in [-0.2, 0) is 16.1 Å². The number of rotatable bonds is 7. The van der Waals surface area contributed by atoms with Crippen molar-refractivity contribution in [3.63, 3.8) is 0 Å². The minimum atomic E-state index is -0.329. The fraction of sp³-hybridized carbons (Fsp3) is 0.526. The Kier molecular flexibility index (Phi) is 6.43. The third-order valence-corrected chi connectivity index (χ3v) is 6.47. The van der Waals surface area contributed by atoms with Crippen molar-refractivity contribution in [2.24, 2.45) is 5.92 Å². The topological polar surface area (TPSA) is 62.3 Å². The molecule has 1 unspecified atom stereocenters. The standard InChI is InChI=1S/C19H25N3O2S2/c1-13(2)7-8-17(23)22-9-3-5-15(22)18(24)20-11-14-12-26-19(21-14)16-6-4-10-25-16/h4,6,10,12-13,15H,3,5,7-9,11H2,1-2H3,(H,20,24). The number of nitrogens with zero attached hydrogens (tertiary/aromatic N) is 2. The van der Waals surface area contributed by atoms with Crippen molar-refractivity contribution in [3.8, 4) is 9.88 Å². The Morgan fingerprint density at radius 1 is 1.38 bits per heavy atom. The number of amides is 2. The van der Waals surface area contributed by atoms with Gasteiger partial charge in [-0.05, 0) is 36.6 Å². The van der Waals surface area contributed by atoms with Crippen LogP contribution in [0.3, 0.4) is 0 Å². The van der Waals surface area contributed by atoms with Crippen LogP contribution in [0.2, 0.25) is 0 Å².